The maximum Gasteiger partial charge on any atom is 0.164 e. The molecule has 0 amide bonds. The summed E-state index contributed by atoms with van der Waals surface area (Å²) in [5.41, 5.74) is 9.15. The molecule has 0 saturated heterocycles. The number of benzene rings is 10. The van der Waals surface area contributed by atoms with Gasteiger partial charge >= 0.3 is 0 Å². The van der Waals surface area contributed by atoms with Gasteiger partial charge in [0, 0.05) is 34.6 Å². The Kier molecular flexibility index (Phi) is 8.42. The molecule has 0 aliphatic heterocycles. The molecule has 0 bridgehead atoms. The highest BCUT2D eigenvalue weighted by atomic mass is 15.0. The van der Waals surface area contributed by atoms with Crippen molar-refractivity contribution in [3.05, 3.63) is 213 Å². The van der Waals surface area contributed by atoms with E-state index >= 15 is 0 Å². The first-order valence-corrected chi connectivity index (χ1v) is 20.8. The summed E-state index contributed by atoms with van der Waals surface area (Å²) in [6.07, 6.45) is 5.19. The van der Waals surface area contributed by atoms with Crippen molar-refractivity contribution in [1.29, 1.82) is 0 Å². The molecule has 0 aliphatic carbocycles. The molecule has 0 unspecified atom stereocenters. The minimum atomic E-state index is 0.591. The molecule has 10 aromatic carbocycles. The molecule has 12 rings (SSSR count). The van der Waals surface area contributed by atoms with Gasteiger partial charge in [-0.15, -0.1) is 0 Å². The number of fused-ring (bicyclic) bond motifs is 7. The van der Waals surface area contributed by atoms with Gasteiger partial charge in [-0.05, 0) is 112 Å². The largest absolute Gasteiger partial charge is 0.244 e. The lowest BCUT2D eigenvalue weighted by Crippen LogP contribution is -2.01. The molecule has 2 heterocycles. The molecular formula is C57H35N5. The van der Waals surface area contributed by atoms with Crippen LogP contribution >= 0.6 is 0 Å². The summed E-state index contributed by atoms with van der Waals surface area (Å²) >= 11 is 0. The van der Waals surface area contributed by atoms with Crippen molar-refractivity contribution in [2.45, 2.75) is 0 Å². The third-order valence-corrected chi connectivity index (χ3v) is 12.1. The van der Waals surface area contributed by atoms with Crippen molar-refractivity contribution in [1.82, 2.24) is 24.9 Å². The number of hydrogen-bond acceptors (Lipinski definition) is 5. The van der Waals surface area contributed by atoms with E-state index in [1.54, 1.807) is 6.33 Å². The zero-order chi connectivity index (χ0) is 41.0. The number of hydrogen-bond donors (Lipinski definition) is 0. The van der Waals surface area contributed by atoms with Crippen molar-refractivity contribution >= 4 is 53.9 Å². The highest BCUT2D eigenvalue weighted by molar-refractivity contribution is 6.16. The average molecular weight is 790 g/mol. The molecule has 62 heavy (non-hydrogen) atoms. The fraction of sp³-hybridized carbons (Fsp3) is 0. The van der Waals surface area contributed by atoms with E-state index in [2.05, 4.69) is 204 Å². The van der Waals surface area contributed by atoms with E-state index in [-0.39, 0.29) is 0 Å². The van der Waals surface area contributed by atoms with Gasteiger partial charge < -0.3 is 0 Å². The summed E-state index contributed by atoms with van der Waals surface area (Å²) in [5.74, 6) is 1.80. The van der Waals surface area contributed by atoms with Gasteiger partial charge in [-0.3, -0.25) is 0 Å². The van der Waals surface area contributed by atoms with Crippen LogP contribution in [0.25, 0.3) is 121 Å². The van der Waals surface area contributed by atoms with Gasteiger partial charge in [0.1, 0.15) is 6.33 Å². The zero-order valence-electron chi connectivity index (χ0n) is 33.4. The fourth-order valence-corrected chi connectivity index (χ4v) is 9.09. The smallest absolute Gasteiger partial charge is 0.164 e. The lowest BCUT2D eigenvalue weighted by Gasteiger charge is -2.17. The summed E-state index contributed by atoms with van der Waals surface area (Å²) in [6.45, 7) is 0. The predicted molar refractivity (Wildman–Crippen MR) is 256 cm³/mol. The van der Waals surface area contributed by atoms with Crippen LogP contribution in [0.5, 0.6) is 0 Å². The molecular weight excluding hydrogens is 755 g/mol. The summed E-state index contributed by atoms with van der Waals surface area (Å²) < 4.78 is 0. The minimum Gasteiger partial charge on any atom is -0.244 e. The lowest BCUT2D eigenvalue weighted by atomic mass is 9.88. The first-order valence-electron chi connectivity index (χ1n) is 20.8. The standard InChI is InChI=1S/C57H35N5/c1-4-16-45-37(12-1)15-11-23-52(45)57-61-55(38-26-24-36(25-27-38)44-33-58-35-59-34-44)60-56(62-57)43-29-41(53-31-39-13-2-5-17-46(39)48-19-7-9-21-50(48)53)28-42(30-43)54-32-40-14-3-6-18-47(40)49-20-8-10-22-51(49)54/h1-35H. The van der Waals surface area contributed by atoms with Gasteiger partial charge in [0.25, 0.3) is 0 Å². The Morgan fingerprint density at radius 3 is 1.27 bits per heavy atom. The summed E-state index contributed by atoms with van der Waals surface area (Å²) in [5, 5.41) is 11.9. The third-order valence-electron chi connectivity index (χ3n) is 12.1. The third kappa shape index (κ3) is 6.14. The molecule has 5 nitrogen and oxygen atoms in total. The highest BCUT2D eigenvalue weighted by Gasteiger charge is 2.19. The van der Waals surface area contributed by atoms with Crippen LogP contribution in [0.4, 0.5) is 0 Å². The van der Waals surface area contributed by atoms with Gasteiger partial charge in [-0.1, -0.05) is 164 Å². The molecule has 0 atom stereocenters. The number of rotatable bonds is 6. The average Bonchev–Trinajstić information content (AvgIpc) is 3.35. The first kappa shape index (κ1) is 35.5. The Bertz CT molecular complexity index is 3550. The Labute approximate surface area is 357 Å². The van der Waals surface area contributed by atoms with Gasteiger partial charge in [-0.2, -0.15) is 0 Å². The first-order chi connectivity index (χ1) is 30.7. The second kappa shape index (κ2) is 14.7. The van der Waals surface area contributed by atoms with Crippen LogP contribution in [-0.2, 0) is 0 Å². The van der Waals surface area contributed by atoms with Crippen LogP contribution in [0.15, 0.2) is 213 Å². The molecule has 5 heteroatoms. The van der Waals surface area contributed by atoms with Crippen LogP contribution in [0.2, 0.25) is 0 Å². The van der Waals surface area contributed by atoms with E-state index in [1.165, 1.54) is 43.1 Å². The highest BCUT2D eigenvalue weighted by Crippen LogP contribution is 2.42. The van der Waals surface area contributed by atoms with Gasteiger partial charge in [-0.25, -0.2) is 24.9 Å². The zero-order valence-corrected chi connectivity index (χ0v) is 33.4. The molecule has 0 spiro atoms. The molecule has 0 N–H and O–H groups in total. The predicted octanol–water partition coefficient (Wildman–Crippen LogP) is 14.4. The van der Waals surface area contributed by atoms with Crippen LogP contribution in [0.3, 0.4) is 0 Å². The van der Waals surface area contributed by atoms with E-state index in [9.17, 15) is 0 Å². The molecule has 0 fully saturated rings. The van der Waals surface area contributed by atoms with Crippen LogP contribution in [0.1, 0.15) is 0 Å². The Hall–Kier alpha value is -8.41. The molecule has 2 aromatic heterocycles. The Morgan fingerprint density at radius 2 is 0.677 bits per heavy atom. The SMILES string of the molecule is c1ccc2c(-c3nc(-c4ccc(-c5cncnc5)cc4)nc(-c4cc(-c5cc6ccccc6c6ccccc56)cc(-c5cc6ccccc6c6ccccc56)c4)n3)cccc2c1. The van der Waals surface area contributed by atoms with Crippen molar-refractivity contribution < 1.29 is 0 Å². The number of nitrogens with zero attached hydrogens (tertiary/aromatic N) is 5. The summed E-state index contributed by atoms with van der Waals surface area (Å²) in [6, 6.07) is 69.3. The quantitative estimate of drug-likeness (QED) is 0.157. The van der Waals surface area contributed by atoms with E-state index in [1.807, 2.05) is 12.4 Å². The Morgan fingerprint density at radius 1 is 0.242 bits per heavy atom. The van der Waals surface area contributed by atoms with Crippen LogP contribution in [0, 0.1) is 0 Å². The monoisotopic (exact) mass is 789 g/mol. The molecule has 0 radical (unpaired) electrons. The van der Waals surface area contributed by atoms with Crippen molar-refractivity contribution in [2.24, 2.45) is 0 Å². The van der Waals surface area contributed by atoms with Crippen molar-refractivity contribution in [3.63, 3.8) is 0 Å². The second-order valence-corrected chi connectivity index (χ2v) is 15.7. The van der Waals surface area contributed by atoms with E-state index in [0.29, 0.717) is 17.5 Å². The second-order valence-electron chi connectivity index (χ2n) is 15.7. The normalized spacial score (nSPS) is 11.5. The van der Waals surface area contributed by atoms with Crippen molar-refractivity contribution in [2.75, 3.05) is 0 Å². The van der Waals surface area contributed by atoms with Gasteiger partial charge in [0.05, 0.1) is 0 Å². The topological polar surface area (TPSA) is 64.5 Å². The molecule has 288 valence electrons. The maximum atomic E-state index is 5.37. The summed E-state index contributed by atoms with van der Waals surface area (Å²) in [7, 11) is 0. The molecule has 12 aromatic rings. The minimum absolute atomic E-state index is 0.591. The molecule has 0 aliphatic rings. The lowest BCUT2D eigenvalue weighted by molar-refractivity contribution is 1.08. The van der Waals surface area contributed by atoms with E-state index in [0.717, 1.165) is 60.8 Å². The van der Waals surface area contributed by atoms with E-state index < -0.39 is 0 Å². The summed E-state index contributed by atoms with van der Waals surface area (Å²) in [4.78, 5) is 24.4. The number of aromatic nitrogens is 5. The van der Waals surface area contributed by atoms with Gasteiger partial charge in [0.2, 0.25) is 0 Å². The van der Waals surface area contributed by atoms with E-state index in [4.69, 9.17) is 15.0 Å². The molecule has 0 saturated carbocycles. The van der Waals surface area contributed by atoms with Crippen molar-refractivity contribution in [3.8, 4) is 67.5 Å². The fourth-order valence-electron chi connectivity index (χ4n) is 9.09. The maximum absolute atomic E-state index is 5.37. The van der Waals surface area contributed by atoms with Crippen LogP contribution in [-0.4, -0.2) is 24.9 Å². The van der Waals surface area contributed by atoms with Gasteiger partial charge in [0.15, 0.2) is 17.5 Å². The van der Waals surface area contributed by atoms with Crippen LogP contribution < -0.4 is 0 Å². The Balaban J connectivity index is 1.14.